The van der Waals surface area contributed by atoms with E-state index in [0.29, 0.717) is 6.61 Å². The quantitative estimate of drug-likeness (QED) is 0.503. The van der Waals surface area contributed by atoms with E-state index in [1.54, 1.807) is 0 Å². The van der Waals surface area contributed by atoms with Crippen LogP contribution in [-0.4, -0.2) is 34.1 Å². The highest BCUT2D eigenvalue weighted by Gasteiger charge is 2.21. The third kappa shape index (κ3) is 3.01. The van der Waals surface area contributed by atoms with E-state index in [2.05, 4.69) is 15.3 Å². The predicted octanol–water partition coefficient (Wildman–Crippen LogP) is 1.63. The van der Waals surface area contributed by atoms with E-state index in [0.717, 1.165) is 25.6 Å². The van der Waals surface area contributed by atoms with E-state index in [9.17, 15) is 10.1 Å². The Balaban J connectivity index is 2.17. The van der Waals surface area contributed by atoms with E-state index in [1.165, 1.54) is 0 Å². The van der Waals surface area contributed by atoms with Gasteiger partial charge in [0.15, 0.2) is 0 Å². The molecule has 1 fully saturated rings. The Hall–Kier alpha value is -1.47. The smallest absolute Gasteiger partial charge is 0.329 e. The van der Waals surface area contributed by atoms with Gasteiger partial charge in [-0.05, 0) is 24.4 Å². The second-order valence-electron chi connectivity index (χ2n) is 3.69. The third-order valence-corrected chi connectivity index (χ3v) is 2.62. The maximum Gasteiger partial charge on any atom is 0.329 e. The van der Waals surface area contributed by atoms with Crippen LogP contribution in [-0.2, 0) is 4.74 Å². The molecule has 0 aromatic carbocycles. The molecule has 17 heavy (non-hydrogen) atoms. The first kappa shape index (κ1) is 12.0. The topological polar surface area (TPSA) is 90.2 Å². The van der Waals surface area contributed by atoms with Crippen LogP contribution in [0.2, 0.25) is 5.28 Å². The van der Waals surface area contributed by atoms with Crippen molar-refractivity contribution in [3.8, 4) is 0 Å². The molecule has 0 saturated carbocycles. The molecule has 2 rings (SSSR count). The molecular weight excluding hydrogens is 248 g/mol. The Morgan fingerprint density at radius 1 is 1.65 bits per heavy atom. The molecule has 0 amide bonds. The predicted molar refractivity (Wildman–Crippen MR) is 61.2 cm³/mol. The molecule has 0 bridgehead atoms. The minimum atomic E-state index is -0.539. The summed E-state index contributed by atoms with van der Waals surface area (Å²) in [6, 6.07) is 0.0217. The number of aromatic nitrogens is 2. The number of hydrogen-bond donors (Lipinski definition) is 1. The van der Waals surface area contributed by atoms with E-state index in [1.807, 2.05) is 0 Å². The van der Waals surface area contributed by atoms with Crippen LogP contribution >= 0.6 is 11.6 Å². The number of ether oxygens (including phenoxy) is 1. The zero-order chi connectivity index (χ0) is 12.3. The number of hydrogen-bond acceptors (Lipinski definition) is 6. The van der Waals surface area contributed by atoms with Crippen molar-refractivity contribution in [2.24, 2.45) is 0 Å². The molecule has 1 aromatic heterocycles. The van der Waals surface area contributed by atoms with Crippen molar-refractivity contribution in [3.63, 3.8) is 0 Å². The SMILES string of the molecule is O=[N+]([O-])c1cnc(Cl)nc1NC1CCCOC1. The lowest BCUT2D eigenvalue weighted by atomic mass is 10.1. The van der Waals surface area contributed by atoms with Gasteiger partial charge < -0.3 is 10.1 Å². The van der Waals surface area contributed by atoms with Crippen molar-refractivity contribution in [1.82, 2.24) is 9.97 Å². The summed E-state index contributed by atoms with van der Waals surface area (Å²) in [5.41, 5.74) is -0.181. The van der Waals surface area contributed by atoms with Crippen LogP contribution in [0.25, 0.3) is 0 Å². The number of rotatable bonds is 3. The lowest BCUT2D eigenvalue weighted by Crippen LogP contribution is -2.30. The van der Waals surface area contributed by atoms with Gasteiger partial charge in [0.2, 0.25) is 11.1 Å². The molecule has 2 heterocycles. The first-order valence-electron chi connectivity index (χ1n) is 5.18. The van der Waals surface area contributed by atoms with E-state index in [-0.39, 0.29) is 22.8 Å². The molecule has 8 heteroatoms. The fourth-order valence-electron chi connectivity index (χ4n) is 1.64. The molecule has 7 nitrogen and oxygen atoms in total. The largest absolute Gasteiger partial charge is 0.379 e. The summed E-state index contributed by atoms with van der Waals surface area (Å²) in [5, 5.41) is 13.7. The van der Waals surface area contributed by atoms with Crippen molar-refractivity contribution in [2.75, 3.05) is 18.5 Å². The highest BCUT2D eigenvalue weighted by atomic mass is 35.5. The number of nitrogens with one attached hydrogen (secondary N) is 1. The van der Waals surface area contributed by atoms with Crippen LogP contribution in [0.15, 0.2) is 6.20 Å². The van der Waals surface area contributed by atoms with E-state index >= 15 is 0 Å². The van der Waals surface area contributed by atoms with Crippen LogP contribution in [0.1, 0.15) is 12.8 Å². The first-order valence-corrected chi connectivity index (χ1v) is 5.56. The standard InChI is InChI=1S/C9H11ClN4O3/c10-9-11-4-7(14(15)16)8(13-9)12-6-2-1-3-17-5-6/h4,6H,1-3,5H2,(H,11,12,13). The maximum atomic E-state index is 10.8. The van der Waals surface area contributed by atoms with Crippen molar-refractivity contribution >= 4 is 23.1 Å². The Kier molecular flexibility index (Phi) is 3.70. The fourth-order valence-corrected chi connectivity index (χ4v) is 1.77. The highest BCUT2D eigenvalue weighted by molar-refractivity contribution is 6.28. The molecule has 1 aromatic rings. The molecular formula is C9H11ClN4O3. The summed E-state index contributed by atoms with van der Waals surface area (Å²) in [7, 11) is 0. The lowest BCUT2D eigenvalue weighted by Gasteiger charge is -2.23. The fraction of sp³-hybridized carbons (Fsp3) is 0.556. The maximum absolute atomic E-state index is 10.8. The number of nitrogens with zero attached hydrogens (tertiary/aromatic N) is 3. The van der Waals surface area contributed by atoms with Gasteiger partial charge in [-0.25, -0.2) is 4.98 Å². The van der Waals surface area contributed by atoms with Crippen LogP contribution in [0.5, 0.6) is 0 Å². The Morgan fingerprint density at radius 2 is 2.47 bits per heavy atom. The molecule has 0 radical (unpaired) electrons. The van der Waals surface area contributed by atoms with Crippen LogP contribution in [0.3, 0.4) is 0 Å². The van der Waals surface area contributed by atoms with Gasteiger partial charge in [-0.3, -0.25) is 10.1 Å². The van der Waals surface area contributed by atoms with Gasteiger partial charge in [-0.1, -0.05) is 0 Å². The minimum absolute atomic E-state index is 0.0187. The average molecular weight is 259 g/mol. The lowest BCUT2D eigenvalue weighted by molar-refractivity contribution is -0.384. The van der Waals surface area contributed by atoms with E-state index < -0.39 is 4.92 Å². The molecule has 0 spiro atoms. The summed E-state index contributed by atoms with van der Waals surface area (Å²) < 4.78 is 5.28. The van der Waals surface area contributed by atoms with Crippen molar-refractivity contribution in [2.45, 2.75) is 18.9 Å². The van der Waals surface area contributed by atoms with Crippen LogP contribution in [0.4, 0.5) is 11.5 Å². The van der Waals surface area contributed by atoms with Gasteiger partial charge in [0, 0.05) is 6.61 Å². The zero-order valence-electron chi connectivity index (χ0n) is 8.93. The molecule has 1 N–H and O–H groups in total. The van der Waals surface area contributed by atoms with Gasteiger partial charge in [0.05, 0.1) is 17.6 Å². The van der Waals surface area contributed by atoms with Crippen LogP contribution < -0.4 is 5.32 Å². The number of anilines is 1. The van der Waals surface area contributed by atoms with Crippen molar-refractivity contribution in [1.29, 1.82) is 0 Å². The van der Waals surface area contributed by atoms with Gasteiger partial charge in [-0.15, -0.1) is 0 Å². The summed E-state index contributed by atoms with van der Waals surface area (Å²) in [5.74, 6) is 0.144. The first-order chi connectivity index (χ1) is 8.16. The van der Waals surface area contributed by atoms with Crippen molar-refractivity contribution in [3.05, 3.63) is 21.6 Å². The van der Waals surface area contributed by atoms with Gasteiger partial charge >= 0.3 is 5.69 Å². The number of halogens is 1. The molecule has 1 aliphatic rings. The summed E-state index contributed by atoms with van der Waals surface area (Å²) >= 11 is 5.62. The number of nitro groups is 1. The Morgan fingerprint density at radius 3 is 3.12 bits per heavy atom. The normalized spacial score (nSPS) is 19.9. The van der Waals surface area contributed by atoms with Crippen molar-refractivity contribution < 1.29 is 9.66 Å². The third-order valence-electron chi connectivity index (χ3n) is 2.44. The van der Waals surface area contributed by atoms with E-state index in [4.69, 9.17) is 16.3 Å². The summed E-state index contributed by atoms with van der Waals surface area (Å²) in [6.07, 6.45) is 2.91. The van der Waals surface area contributed by atoms with Gasteiger partial charge in [0.1, 0.15) is 6.20 Å². The van der Waals surface area contributed by atoms with Crippen LogP contribution in [0, 0.1) is 10.1 Å². The second kappa shape index (κ2) is 5.24. The van der Waals surface area contributed by atoms with Gasteiger partial charge in [-0.2, -0.15) is 4.98 Å². The Bertz CT molecular complexity index is 423. The highest BCUT2D eigenvalue weighted by Crippen LogP contribution is 2.24. The average Bonchev–Trinajstić information content (AvgIpc) is 2.30. The molecule has 1 unspecified atom stereocenters. The molecule has 92 valence electrons. The zero-order valence-corrected chi connectivity index (χ0v) is 9.68. The summed E-state index contributed by atoms with van der Waals surface area (Å²) in [4.78, 5) is 17.7. The monoisotopic (exact) mass is 258 g/mol. The Labute approximate surface area is 102 Å². The molecule has 1 saturated heterocycles. The van der Waals surface area contributed by atoms with Gasteiger partial charge in [0.25, 0.3) is 0 Å². The molecule has 1 aliphatic heterocycles. The second-order valence-corrected chi connectivity index (χ2v) is 4.03. The minimum Gasteiger partial charge on any atom is -0.379 e. The summed E-state index contributed by atoms with van der Waals surface area (Å²) in [6.45, 7) is 1.24. The molecule has 0 aliphatic carbocycles. The molecule has 1 atom stereocenters.